The number of aromatic nitrogens is 3. The molecule has 2 aromatic heterocycles. The molecule has 8 heteroatoms. The maximum Gasteiger partial charge on any atom is 0.358 e. The van der Waals surface area contributed by atoms with E-state index in [4.69, 9.17) is 4.42 Å². The Morgan fingerprint density at radius 3 is 2.78 bits per heavy atom. The molecule has 7 nitrogen and oxygen atoms in total. The Morgan fingerprint density at radius 2 is 2.22 bits per heavy atom. The van der Waals surface area contributed by atoms with E-state index in [1.807, 2.05) is 0 Å². The summed E-state index contributed by atoms with van der Waals surface area (Å²) in [4.78, 5) is 23.1. The number of nitrogens with zero attached hydrogens (tertiary/aromatic N) is 3. The van der Waals surface area contributed by atoms with Crippen LogP contribution in [0.4, 0.5) is 6.01 Å². The minimum Gasteiger partial charge on any atom is -0.464 e. The van der Waals surface area contributed by atoms with Gasteiger partial charge in [0.2, 0.25) is 16.3 Å². The molecule has 0 aliphatic rings. The minimum absolute atomic E-state index is 0.171. The summed E-state index contributed by atoms with van der Waals surface area (Å²) in [5.41, 5.74) is 0.829. The molecule has 1 N–H and O–H groups in total. The van der Waals surface area contributed by atoms with Gasteiger partial charge in [-0.2, -0.15) is 0 Å². The molecule has 2 heterocycles. The molecule has 0 aliphatic heterocycles. The van der Waals surface area contributed by atoms with Gasteiger partial charge in [0.05, 0.1) is 31.7 Å². The highest BCUT2D eigenvalue weighted by Crippen LogP contribution is 2.03. The quantitative estimate of drug-likeness (QED) is 0.594. The summed E-state index contributed by atoms with van der Waals surface area (Å²) in [6.07, 6.45) is 4.43. The first kappa shape index (κ1) is 12.5. The number of oxazole rings is 1. The van der Waals surface area contributed by atoms with Gasteiger partial charge in [0.15, 0.2) is 5.69 Å². The summed E-state index contributed by atoms with van der Waals surface area (Å²) < 4.78 is 10.4. The van der Waals surface area contributed by atoms with Crippen LogP contribution in [-0.2, 0) is 11.3 Å². The standard InChI is InChI=1S/C10H9N4O3.Al/c1-16-9(15)8-6-12-7(4-13-8)5-14-10-11-2-3-17-10;/h2,4,6H,5H2,1H3,(H,11,14);. The highest BCUT2D eigenvalue weighted by Gasteiger charge is 2.07. The van der Waals surface area contributed by atoms with Crippen LogP contribution in [0.3, 0.4) is 0 Å². The summed E-state index contributed by atoms with van der Waals surface area (Å²) in [6, 6.07) is 0.402. The SMILES string of the molecule is COC(=O)c1cnc(CNc2nc[c]([Al])o2)cn1. The van der Waals surface area contributed by atoms with Gasteiger partial charge in [-0.15, -0.1) is 0 Å². The van der Waals surface area contributed by atoms with Crippen molar-refractivity contribution < 1.29 is 13.9 Å². The van der Waals surface area contributed by atoms with Crippen molar-refractivity contribution in [3.8, 4) is 0 Å². The Bertz CT molecular complexity index is 540. The number of nitrogens with one attached hydrogen (secondary N) is 1. The van der Waals surface area contributed by atoms with E-state index in [0.717, 1.165) is 0 Å². The summed E-state index contributed by atoms with van der Waals surface area (Å²) in [6.45, 7) is 0.402. The van der Waals surface area contributed by atoms with E-state index in [0.29, 0.717) is 22.9 Å². The first-order valence-corrected chi connectivity index (χ1v) is 5.61. The van der Waals surface area contributed by atoms with Gasteiger partial charge in [0.25, 0.3) is 6.01 Å². The summed E-state index contributed by atoms with van der Waals surface area (Å²) >= 11 is 2.40. The van der Waals surface area contributed by atoms with E-state index in [2.05, 4.69) is 41.3 Å². The molecule has 0 saturated heterocycles. The van der Waals surface area contributed by atoms with Crippen molar-refractivity contribution in [2.75, 3.05) is 12.4 Å². The molecule has 0 aliphatic carbocycles. The predicted molar refractivity (Wildman–Crippen MR) is 62.6 cm³/mol. The van der Waals surface area contributed by atoms with E-state index in [1.54, 1.807) is 6.20 Å². The molecule has 0 aromatic carbocycles. The van der Waals surface area contributed by atoms with Gasteiger partial charge < -0.3 is 14.5 Å². The number of ether oxygens (including phenoxy) is 1. The molecular formula is C10H9AlN4O3. The Morgan fingerprint density at radius 1 is 1.39 bits per heavy atom. The second-order valence-corrected chi connectivity index (χ2v) is 3.87. The van der Waals surface area contributed by atoms with Crippen LogP contribution >= 0.6 is 0 Å². The van der Waals surface area contributed by atoms with Crippen LogP contribution in [0.25, 0.3) is 0 Å². The highest BCUT2D eigenvalue weighted by molar-refractivity contribution is 6.29. The van der Waals surface area contributed by atoms with Gasteiger partial charge >= 0.3 is 5.97 Å². The second-order valence-electron chi connectivity index (χ2n) is 3.31. The molecule has 2 rings (SSSR count). The monoisotopic (exact) mass is 260 g/mol. The van der Waals surface area contributed by atoms with Gasteiger partial charge in [-0.25, -0.2) is 14.8 Å². The third-order valence-electron chi connectivity index (χ3n) is 2.04. The largest absolute Gasteiger partial charge is 0.464 e. The maximum atomic E-state index is 11.1. The highest BCUT2D eigenvalue weighted by atomic mass is 27.0. The van der Waals surface area contributed by atoms with Crippen LogP contribution in [-0.4, -0.2) is 44.3 Å². The molecule has 2 radical (unpaired) electrons. The zero-order valence-electron chi connectivity index (χ0n) is 9.58. The zero-order valence-corrected chi connectivity index (χ0v) is 10.7. The average molecular weight is 260 g/mol. The van der Waals surface area contributed by atoms with Gasteiger partial charge in [-0.3, -0.25) is 4.98 Å². The van der Waals surface area contributed by atoms with Crippen molar-refractivity contribution in [3.63, 3.8) is 0 Å². The molecule has 0 atom stereocenters. The van der Waals surface area contributed by atoms with Crippen LogP contribution in [0.2, 0.25) is 0 Å². The Labute approximate surface area is 111 Å². The number of methoxy groups -OCH3 is 1. The van der Waals surface area contributed by atoms with Crippen molar-refractivity contribution in [2.45, 2.75) is 6.54 Å². The Balaban J connectivity index is 1.96. The third kappa shape index (κ3) is 3.06. The van der Waals surface area contributed by atoms with Crippen molar-refractivity contribution in [3.05, 3.63) is 30.0 Å². The van der Waals surface area contributed by atoms with E-state index in [9.17, 15) is 4.79 Å². The minimum atomic E-state index is -0.512. The summed E-state index contributed by atoms with van der Waals surface area (Å²) in [5, 5.41) is 2.93. The summed E-state index contributed by atoms with van der Waals surface area (Å²) in [5.74, 6) is -0.512. The van der Waals surface area contributed by atoms with Crippen LogP contribution in [0.5, 0.6) is 0 Å². The molecule has 0 amide bonds. The van der Waals surface area contributed by atoms with Crippen LogP contribution in [0, 0.1) is 0 Å². The van der Waals surface area contributed by atoms with E-state index in [-0.39, 0.29) is 5.69 Å². The molecule has 0 saturated carbocycles. The van der Waals surface area contributed by atoms with Gasteiger partial charge in [0.1, 0.15) is 0 Å². The third-order valence-corrected chi connectivity index (χ3v) is 2.31. The molecule has 2 aromatic rings. The molecule has 0 spiro atoms. The fourth-order valence-corrected chi connectivity index (χ4v) is 1.38. The molecular weight excluding hydrogens is 251 g/mol. The normalized spacial score (nSPS) is 10.1. The Hall–Kier alpha value is -1.91. The molecule has 90 valence electrons. The molecule has 18 heavy (non-hydrogen) atoms. The fraction of sp³-hybridized carbons (Fsp3) is 0.200. The topological polar surface area (TPSA) is 90.1 Å². The lowest BCUT2D eigenvalue weighted by Crippen LogP contribution is -2.08. The summed E-state index contributed by atoms with van der Waals surface area (Å²) in [7, 11) is 1.29. The predicted octanol–water partition coefficient (Wildman–Crippen LogP) is -0.343. The van der Waals surface area contributed by atoms with E-state index < -0.39 is 5.97 Å². The zero-order chi connectivity index (χ0) is 13.0. The molecule has 0 fully saturated rings. The van der Waals surface area contributed by atoms with Gasteiger partial charge in [-0.1, -0.05) is 0 Å². The maximum absolute atomic E-state index is 11.1. The second kappa shape index (κ2) is 5.62. The number of carbonyl (C=O) groups excluding carboxylic acids is 1. The fourth-order valence-electron chi connectivity index (χ4n) is 1.19. The van der Waals surface area contributed by atoms with E-state index in [1.165, 1.54) is 19.5 Å². The van der Waals surface area contributed by atoms with Crippen molar-refractivity contribution >= 4 is 32.9 Å². The first-order valence-electron chi connectivity index (χ1n) is 5.03. The first-order chi connectivity index (χ1) is 8.69. The van der Waals surface area contributed by atoms with Crippen molar-refractivity contribution in [1.82, 2.24) is 15.0 Å². The smallest absolute Gasteiger partial charge is 0.358 e. The van der Waals surface area contributed by atoms with Crippen LogP contribution in [0.1, 0.15) is 16.2 Å². The molecule has 0 unspecified atom stereocenters. The number of hydrogen-bond acceptors (Lipinski definition) is 7. The van der Waals surface area contributed by atoms with Crippen molar-refractivity contribution in [2.24, 2.45) is 0 Å². The van der Waals surface area contributed by atoms with Crippen LogP contribution in [0.15, 0.2) is 23.0 Å². The van der Waals surface area contributed by atoms with Crippen molar-refractivity contribution in [1.29, 1.82) is 0 Å². The number of anilines is 1. The van der Waals surface area contributed by atoms with Gasteiger partial charge in [0, 0.05) is 10.8 Å². The lowest BCUT2D eigenvalue weighted by atomic mass is 10.4. The number of carbonyl (C=O) groups is 1. The average Bonchev–Trinajstić information content (AvgIpc) is 2.82. The Kier molecular flexibility index (Phi) is 3.92. The lowest BCUT2D eigenvalue weighted by molar-refractivity contribution is 0.0593. The number of esters is 1. The number of hydrogen-bond donors (Lipinski definition) is 1. The number of rotatable bonds is 4. The van der Waals surface area contributed by atoms with Crippen LogP contribution < -0.4 is 9.94 Å². The molecule has 0 bridgehead atoms. The van der Waals surface area contributed by atoms with Gasteiger partial charge in [-0.05, 0) is 0 Å². The van der Waals surface area contributed by atoms with E-state index >= 15 is 0 Å². The lowest BCUT2D eigenvalue weighted by Gasteiger charge is -2.02.